The molecular weight excluding hydrogens is 433 g/mol. The minimum absolute atomic E-state index is 0. The van der Waals surface area contributed by atoms with Crippen molar-refractivity contribution in [3.63, 3.8) is 0 Å². The van der Waals surface area contributed by atoms with Crippen LogP contribution in [0.5, 0.6) is 0 Å². The second-order valence-corrected chi connectivity index (χ2v) is 7.42. The smallest absolute Gasteiger partial charge is 0.339 e. The van der Waals surface area contributed by atoms with E-state index in [1.54, 1.807) is 0 Å². The molecule has 0 aromatic heterocycles. The molecule has 0 amide bonds. The number of ether oxygens (including phenoxy) is 2. The molecule has 0 bridgehead atoms. The molecule has 0 unspecified atom stereocenters. The van der Waals surface area contributed by atoms with Gasteiger partial charge in [-0.05, 0) is 18.2 Å². The molecule has 0 spiro atoms. The summed E-state index contributed by atoms with van der Waals surface area (Å²) in [5.41, 5.74) is -0.113. The Morgan fingerprint density at radius 2 is 1.71 bits per heavy atom. The first-order chi connectivity index (χ1) is 12.4. The highest BCUT2D eigenvalue weighted by molar-refractivity contribution is 7.89. The molecule has 1 aliphatic rings. The number of nitrogens with one attached hydrogen (secondary N) is 2. The molecule has 9 nitrogen and oxygen atoms in total. The Morgan fingerprint density at radius 3 is 2.29 bits per heavy atom. The highest BCUT2D eigenvalue weighted by Crippen LogP contribution is 2.19. The second-order valence-electron chi connectivity index (χ2n) is 5.68. The lowest BCUT2D eigenvalue weighted by Crippen LogP contribution is -2.46. The Morgan fingerprint density at radius 1 is 1.11 bits per heavy atom. The van der Waals surface area contributed by atoms with Crippen molar-refractivity contribution in [2.24, 2.45) is 0 Å². The Kier molecular flexibility index (Phi) is 11.6. The first-order valence-corrected chi connectivity index (χ1v) is 9.61. The van der Waals surface area contributed by atoms with Crippen LogP contribution in [-0.2, 0) is 19.5 Å². The molecule has 1 heterocycles. The van der Waals surface area contributed by atoms with E-state index in [4.69, 9.17) is 0 Å². The minimum atomic E-state index is -4.01. The molecule has 0 radical (unpaired) electrons. The van der Waals surface area contributed by atoms with Crippen molar-refractivity contribution >= 4 is 46.8 Å². The van der Waals surface area contributed by atoms with Crippen molar-refractivity contribution in [2.75, 3.05) is 53.5 Å². The number of carbonyl (C=O) groups excluding carboxylic acids is 2. The van der Waals surface area contributed by atoms with E-state index in [2.05, 4.69) is 24.4 Å². The number of sulfonamides is 1. The van der Waals surface area contributed by atoms with Crippen molar-refractivity contribution in [3.05, 3.63) is 29.3 Å². The normalized spacial score (nSPS) is 14.4. The Hall–Kier alpha value is -1.43. The van der Waals surface area contributed by atoms with E-state index in [0.717, 1.165) is 39.4 Å². The maximum absolute atomic E-state index is 12.7. The van der Waals surface area contributed by atoms with Crippen LogP contribution in [0.1, 0.15) is 20.7 Å². The summed E-state index contributed by atoms with van der Waals surface area (Å²) in [6, 6.07) is 3.67. The Bertz CT molecular complexity index is 770. The zero-order valence-electron chi connectivity index (χ0n) is 15.6. The molecular formula is C16H25Cl2N3O6S. The molecule has 0 atom stereocenters. The minimum Gasteiger partial charge on any atom is -0.465 e. The standard InChI is InChI=1S/C16H23N3O6S.2ClH/c1-24-15(20)12-3-4-13(16(21)25-2)14(11-12)26(22,23)18-7-10-19-8-5-17-6-9-19;;/h3-4,11,17-18H,5-10H2,1-2H3;2*1H. The number of nitrogens with zero attached hydrogens (tertiary/aromatic N) is 1. The summed E-state index contributed by atoms with van der Waals surface area (Å²) in [6.45, 7) is 4.14. The number of rotatable bonds is 7. The molecule has 1 aliphatic heterocycles. The maximum Gasteiger partial charge on any atom is 0.339 e. The molecule has 1 saturated heterocycles. The number of benzene rings is 1. The molecule has 160 valence electrons. The Balaban J connectivity index is 0.00000364. The third-order valence-corrected chi connectivity index (χ3v) is 5.53. The largest absolute Gasteiger partial charge is 0.465 e. The van der Waals surface area contributed by atoms with Crippen LogP contribution in [0.25, 0.3) is 0 Å². The molecule has 1 aromatic carbocycles. The van der Waals surface area contributed by atoms with Crippen molar-refractivity contribution in [1.82, 2.24) is 14.9 Å². The van der Waals surface area contributed by atoms with Gasteiger partial charge >= 0.3 is 11.9 Å². The summed E-state index contributed by atoms with van der Waals surface area (Å²) in [5, 5.41) is 3.22. The molecule has 28 heavy (non-hydrogen) atoms. The highest BCUT2D eigenvalue weighted by Gasteiger charge is 2.25. The molecule has 0 saturated carbocycles. The van der Waals surface area contributed by atoms with Gasteiger partial charge in [0.15, 0.2) is 0 Å². The first-order valence-electron chi connectivity index (χ1n) is 8.12. The van der Waals surface area contributed by atoms with Crippen LogP contribution in [0.3, 0.4) is 0 Å². The summed E-state index contributed by atoms with van der Waals surface area (Å²) in [5.74, 6) is -1.50. The van der Waals surface area contributed by atoms with Crippen LogP contribution in [0.15, 0.2) is 23.1 Å². The average Bonchev–Trinajstić information content (AvgIpc) is 2.67. The van der Waals surface area contributed by atoms with Crippen LogP contribution in [0, 0.1) is 0 Å². The lowest BCUT2D eigenvalue weighted by molar-refractivity contribution is 0.0583. The number of carbonyl (C=O) groups is 2. The molecule has 2 rings (SSSR count). The molecule has 1 aromatic rings. The molecule has 12 heteroatoms. The van der Waals surface area contributed by atoms with E-state index in [-0.39, 0.29) is 47.4 Å². The number of hydrogen-bond acceptors (Lipinski definition) is 8. The van der Waals surface area contributed by atoms with Crippen molar-refractivity contribution in [3.8, 4) is 0 Å². The number of hydrogen-bond donors (Lipinski definition) is 2. The zero-order chi connectivity index (χ0) is 19.2. The number of halogens is 2. The topological polar surface area (TPSA) is 114 Å². The van der Waals surface area contributed by atoms with Crippen LogP contribution in [0.4, 0.5) is 0 Å². The molecule has 0 aliphatic carbocycles. The van der Waals surface area contributed by atoms with E-state index >= 15 is 0 Å². The van der Waals surface area contributed by atoms with Gasteiger partial charge in [0.25, 0.3) is 0 Å². The van der Waals surface area contributed by atoms with Crippen LogP contribution < -0.4 is 10.0 Å². The van der Waals surface area contributed by atoms with Gasteiger partial charge in [-0.3, -0.25) is 4.90 Å². The average molecular weight is 458 g/mol. The van der Waals surface area contributed by atoms with Gasteiger partial charge in [0.1, 0.15) is 0 Å². The van der Waals surface area contributed by atoms with Crippen molar-refractivity contribution in [2.45, 2.75) is 4.90 Å². The van der Waals surface area contributed by atoms with Gasteiger partial charge in [-0.2, -0.15) is 0 Å². The fourth-order valence-electron chi connectivity index (χ4n) is 2.62. The third kappa shape index (κ3) is 6.87. The highest BCUT2D eigenvalue weighted by atomic mass is 35.5. The fourth-order valence-corrected chi connectivity index (χ4v) is 3.86. The first kappa shape index (κ1) is 26.6. The van der Waals surface area contributed by atoms with E-state index in [9.17, 15) is 18.0 Å². The van der Waals surface area contributed by atoms with Crippen LogP contribution in [0.2, 0.25) is 0 Å². The van der Waals surface area contributed by atoms with Gasteiger partial charge in [-0.1, -0.05) is 0 Å². The van der Waals surface area contributed by atoms with E-state index in [1.165, 1.54) is 19.2 Å². The predicted octanol–water partition coefficient (Wildman–Crippen LogP) is 0.287. The Labute approximate surface area is 177 Å². The number of piperazine rings is 1. The van der Waals surface area contributed by atoms with Crippen LogP contribution in [-0.4, -0.2) is 78.7 Å². The van der Waals surface area contributed by atoms with Gasteiger partial charge in [-0.25, -0.2) is 22.7 Å². The van der Waals surface area contributed by atoms with Gasteiger partial charge in [0.2, 0.25) is 10.0 Å². The fraction of sp³-hybridized carbons (Fsp3) is 0.500. The number of methoxy groups -OCH3 is 2. The van der Waals surface area contributed by atoms with Crippen molar-refractivity contribution in [1.29, 1.82) is 0 Å². The molecule has 2 N–H and O–H groups in total. The van der Waals surface area contributed by atoms with Gasteiger partial charge in [0.05, 0.1) is 30.2 Å². The third-order valence-electron chi connectivity index (χ3n) is 4.03. The van der Waals surface area contributed by atoms with E-state index in [0.29, 0.717) is 6.54 Å². The van der Waals surface area contributed by atoms with Crippen LogP contribution >= 0.6 is 24.8 Å². The lowest BCUT2D eigenvalue weighted by Gasteiger charge is -2.27. The summed E-state index contributed by atoms with van der Waals surface area (Å²) in [7, 11) is -1.66. The monoisotopic (exact) mass is 457 g/mol. The van der Waals surface area contributed by atoms with Gasteiger partial charge < -0.3 is 14.8 Å². The number of esters is 2. The summed E-state index contributed by atoms with van der Waals surface area (Å²) < 4.78 is 37.1. The van der Waals surface area contributed by atoms with Gasteiger partial charge in [0, 0.05) is 39.3 Å². The zero-order valence-corrected chi connectivity index (χ0v) is 18.0. The quantitative estimate of drug-likeness (QED) is 0.561. The summed E-state index contributed by atoms with van der Waals surface area (Å²) >= 11 is 0. The second kappa shape index (κ2) is 12.2. The van der Waals surface area contributed by atoms with E-state index < -0.39 is 22.0 Å². The van der Waals surface area contributed by atoms with Gasteiger partial charge in [-0.15, -0.1) is 24.8 Å². The predicted molar refractivity (Wildman–Crippen MR) is 108 cm³/mol. The molecule has 1 fully saturated rings. The summed E-state index contributed by atoms with van der Waals surface area (Å²) in [4.78, 5) is 25.4. The lowest BCUT2D eigenvalue weighted by atomic mass is 10.1. The van der Waals surface area contributed by atoms with Crippen molar-refractivity contribution < 1.29 is 27.5 Å². The maximum atomic E-state index is 12.7. The van der Waals surface area contributed by atoms with E-state index in [1.807, 2.05) is 0 Å². The summed E-state index contributed by atoms with van der Waals surface area (Å²) in [6.07, 6.45) is 0. The SMILES string of the molecule is COC(=O)c1ccc(C(=O)OC)c(S(=O)(=O)NCCN2CCNCC2)c1.Cl.Cl.